The summed E-state index contributed by atoms with van der Waals surface area (Å²) >= 11 is 0. The topological polar surface area (TPSA) is 12.4 Å². The molecule has 0 amide bonds. The van der Waals surface area contributed by atoms with Crippen LogP contribution in [-0.2, 0) is 12.8 Å². The predicted octanol–water partition coefficient (Wildman–Crippen LogP) is 5.33. The largest absolute Gasteiger partial charge is 0.433 e. The van der Waals surface area contributed by atoms with Crippen molar-refractivity contribution in [3.63, 3.8) is 0 Å². The molecule has 4 heteroatoms. The summed E-state index contributed by atoms with van der Waals surface area (Å²) < 4.78 is 40.0. The van der Waals surface area contributed by atoms with Gasteiger partial charge in [-0.2, -0.15) is 13.2 Å². The molecule has 0 bridgehead atoms. The number of allylic oxidation sites excluding steroid dienone is 4. The van der Waals surface area contributed by atoms with Crippen molar-refractivity contribution in [3.8, 4) is 0 Å². The van der Waals surface area contributed by atoms with Crippen LogP contribution in [0.3, 0.4) is 0 Å². The van der Waals surface area contributed by atoms with E-state index < -0.39 is 11.9 Å². The highest BCUT2D eigenvalue weighted by molar-refractivity contribution is 6.06. The van der Waals surface area contributed by atoms with Gasteiger partial charge in [-0.05, 0) is 36.0 Å². The summed E-state index contributed by atoms with van der Waals surface area (Å²) in [7, 11) is 0. The van der Waals surface area contributed by atoms with E-state index in [2.05, 4.69) is 4.99 Å². The van der Waals surface area contributed by atoms with E-state index in [1.165, 1.54) is 6.08 Å². The Labute approximate surface area is 122 Å². The average molecular weight is 293 g/mol. The van der Waals surface area contributed by atoms with Gasteiger partial charge in [-0.25, -0.2) is 4.99 Å². The molecule has 0 aliphatic heterocycles. The van der Waals surface area contributed by atoms with Crippen LogP contribution in [0.4, 0.5) is 18.9 Å². The summed E-state index contributed by atoms with van der Waals surface area (Å²) in [6.07, 6.45) is 2.01. The molecule has 0 saturated carbocycles. The second-order valence-electron chi connectivity index (χ2n) is 4.91. The van der Waals surface area contributed by atoms with Gasteiger partial charge in [0.1, 0.15) is 5.71 Å². The first kappa shape index (κ1) is 15.5. The fraction of sp³-hybridized carbons (Fsp3) is 0.353. The minimum Gasteiger partial charge on any atom is -0.243 e. The fourth-order valence-electron chi connectivity index (χ4n) is 2.41. The van der Waals surface area contributed by atoms with Crippen molar-refractivity contribution in [3.05, 3.63) is 53.1 Å². The lowest BCUT2D eigenvalue weighted by Crippen LogP contribution is -2.24. The molecule has 1 aliphatic rings. The molecule has 0 spiro atoms. The van der Waals surface area contributed by atoms with E-state index in [0.717, 1.165) is 11.1 Å². The number of hydrogen-bond donors (Lipinski definition) is 0. The van der Waals surface area contributed by atoms with E-state index >= 15 is 0 Å². The second-order valence-corrected chi connectivity index (χ2v) is 4.91. The normalized spacial score (nSPS) is 15.5. The van der Waals surface area contributed by atoms with E-state index in [0.29, 0.717) is 18.5 Å². The molecule has 2 rings (SSSR count). The van der Waals surface area contributed by atoms with Crippen molar-refractivity contribution in [2.75, 3.05) is 0 Å². The third kappa shape index (κ3) is 3.43. The lowest BCUT2D eigenvalue weighted by molar-refractivity contribution is -0.0582. The number of alkyl halides is 3. The Morgan fingerprint density at radius 2 is 1.76 bits per heavy atom. The quantitative estimate of drug-likeness (QED) is 0.665. The molecule has 0 radical (unpaired) electrons. The maximum absolute atomic E-state index is 13.3. The number of benzene rings is 1. The molecule has 0 fully saturated rings. The highest BCUT2D eigenvalue weighted by Crippen LogP contribution is 2.32. The van der Waals surface area contributed by atoms with Crippen LogP contribution in [0.2, 0.25) is 0 Å². The SMILES string of the molecule is CCc1cccc(CC)c1N=C(C1=CC=CC1)C(F)(F)F. The van der Waals surface area contributed by atoms with Crippen molar-refractivity contribution in [1.29, 1.82) is 0 Å². The number of nitrogens with zero attached hydrogens (tertiary/aromatic N) is 1. The van der Waals surface area contributed by atoms with Crippen LogP contribution in [0.15, 0.2) is 47.0 Å². The van der Waals surface area contributed by atoms with Gasteiger partial charge in [0.05, 0.1) is 5.69 Å². The maximum Gasteiger partial charge on any atom is 0.433 e. The van der Waals surface area contributed by atoms with Gasteiger partial charge < -0.3 is 0 Å². The third-order valence-electron chi connectivity index (χ3n) is 3.53. The minimum atomic E-state index is -4.44. The second kappa shape index (κ2) is 6.29. The molecule has 112 valence electrons. The van der Waals surface area contributed by atoms with Crippen molar-refractivity contribution in [1.82, 2.24) is 0 Å². The summed E-state index contributed by atoms with van der Waals surface area (Å²) in [5, 5.41) is 0. The smallest absolute Gasteiger partial charge is 0.243 e. The van der Waals surface area contributed by atoms with Gasteiger partial charge in [-0.15, -0.1) is 0 Å². The number of para-hydroxylation sites is 1. The summed E-state index contributed by atoms with van der Waals surface area (Å²) in [6, 6.07) is 5.56. The van der Waals surface area contributed by atoms with E-state index in [1.54, 1.807) is 12.2 Å². The molecule has 1 aromatic rings. The van der Waals surface area contributed by atoms with Gasteiger partial charge >= 0.3 is 6.18 Å². The van der Waals surface area contributed by atoms with Crippen LogP contribution >= 0.6 is 0 Å². The van der Waals surface area contributed by atoms with Crippen molar-refractivity contribution in [2.45, 2.75) is 39.3 Å². The van der Waals surface area contributed by atoms with E-state index in [1.807, 2.05) is 32.0 Å². The zero-order valence-electron chi connectivity index (χ0n) is 12.2. The van der Waals surface area contributed by atoms with Gasteiger partial charge in [0.15, 0.2) is 0 Å². The Morgan fingerprint density at radius 3 is 2.19 bits per heavy atom. The van der Waals surface area contributed by atoms with Crippen LogP contribution in [0.25, 0.3) is 0 Å². The first-order valence-electron chi connectivity index (χ1n) is 7.10. The highest BCUT2D eigenvalue weighted by Gasteiger charge is 2.38. The van der Waals surface area contributed by atoms with Crippen LogP contribution in [0.5, 0.6) is 0 Å². The van der Waals surface area contributed by atoms with Crippen LogP contribution in [-0.4, -0.2) is 11.9 Å². The molecule has 0 aromatic heterocycles. The summed E-state index contributed by atoms with van der Waals surface area (Å²) in [4.78, 5) is 4.04. The number of halogens is 3. The molecule has 0 N–H and O–H groups in total. The molecule has 21 heavy (non-hydrogen) atoms. The molecule has 1 aliphatic carbocycles. The van der Waals surface area contributed by atoms with Crippen LogP contribution in [0.1, 0.15) is 31.4 Å². The minimum absolute atomic E-state index is 0.232. The Morgan fingerprint density at radius 1 is 1.14 bits per heavy atom. The lowest BCUT2D eigenvalue weighted by atomic mass is 10.0. The van der Waals surface area contributed by atoms with Gasteiger partial charge in [-0.3, -0.25) is 0 Å². The highest BCUT2D eigenvalue weighted by atomic mass is 19.4. The molecule has 0 heterocycles. The first-order valence-corrected chi connectivity index (χ1v) is 7.10. The van der Waals surface area contributed by atoms with Crippen LogP contribution in [0, 0.1) is 0 Å². The Hall–Kier alpha value is -1.84. The first-order chi connectivity index (χ1) is 9.97. The number of rotatable bonds is 4. The predicted molar refractivity (Wildman–Crippen MR) is 80.2 cm³/mol. The maximum atomic E-state index is 13.3. The molecular formula is C17H18F3N. The van der Waals surface area contributed by atoms with Gasteiger partial charge in [0, 0.05) is 0 Å². The third-order valence-corrected chi connectivity index (χ3v) is 3.53. The van der Waals surface area contributed by atoms with E-state index in [9.17, 15) is 13.2 Å². The number of aryl methyl sites for hydroxylation is 2. The van der Waals surface area contributed by atoms with Gasteiger partial charge in [-0.1, -0.05) is 50.3 Å². The summed E-state index contributed by atoms with van der Waals surface area (Å²) in [5.41, 5.74) is 1.63. The van der Waals surface area contributed by atoms with E-state index in [4.69, 9.17) is 0 Å². The van der Waals surface area contributed by atoms with Crippen molar-refractivity contribution < 1.29 is 13.2 Å². The van der Waals surface area contributed by atoms with Gasteiger partial charge in [0.2, 0.25) is 0 Å². The number of aliphatic imine (C=N–C) groups is 1. The molecule has 0 atom stereocenters. The monoisotopic (exact) mass is 293 g/mol. The lowest BCUT2D eigenvalue weighted by Gasteiger charge is -2.15. The number of hydrogen-bond acceptors (Lipinski definition) is 1. The Kier molecular flexibility index (Phi) is 4.66. The molecular weight excluding hydrogens is 275 g/mol. The molecule has 0 unspecified atom stereocenters. The van der Waals surface area contributed by atoms with Crippen LogP contribution < -0.4 is 0 Å². The Balaban J connectivity index is 2.57. The fourth-order valence-corrected chi connectivity index (χ4v) is 2.41. The van der Waals surface area contributed by atoms with Gasteiger partial charge in [0.25, 0.3) is 0 Å². The summed E-state index contributed by atoms with van der Waals surface area (Å²) in [5.74, 6) is 0. The van der Waals surface area contributed by atoms with Crippen molar-refractivity contribution in [2.24, 2.45) is 4.99 Å². The molecule has 1 aromatic carbocycles. The average Bonchev–Trinajstić information content (AvgIpc) is 2.96. The van der Waals surface area contributed by atoms with Crippen molar-refractivity contribution >= 4 is 11.4 Å². The zero-order chi connectivity index (χ0) is 15.5. The zero-order valence-corrected chi connectivity index (χ0v) is 12.2. The molecule has 1 nitrogen and oxygen atoms in total. The van der Waals surface area contributed by atoms with E-state index in [-0.39, 0.29) is 12.0 Å². The standard InChI is InChI=1S/C17H18F3N/c1-3-12-10-7-11-13(4-2)15(12)21-16(17(18,19)20)14-8-5-6-9-14/h5-8,10-11H,3-4,9H2,1-2H3. The Bertz CT molecular complexity index is 585. The molecule has 0 saturated heterocycles. The summed E-state index contributed by atoms with van der Waals surface area (Å²) in [6.45, 7) is 3.86.